The number of hydrogen-bond donors (Lipinski definition) is 1. The molecule has 6 heteroatoms. The third-order valence-corrected chi connectivity index (χ3v) is 4.79. The molecule has 0 radical (unpaired) electrons. The first kappa shape index (κ1) is 19.6. The summed E-state index contributed by atoms with van der Waals surface area (Å²) in [6, 6.07) is 0. The van der Waals surface area contributed by atoms with Gasteiger partial charge in [-0.1, -0.05) is 13.8 Å². The highest BCUT2D eigenvalue weighted by Gasteiger charge is 2.53. The smallest absolute Gasteiger partial charge is 0.410 e. The Morgan fingerprint density at radius 3 is 2.26 bits per heavy atom. The van der Waals surface area contributed by atoms with Crippen LogP contribution in [0.2, 0.25) is 0 Å². The molecule has 0 unspecified atom stereocenters. The molecule has 23 heavy (non-hydrogen) atoms. The third kappa shape index (κ3) is 4.52. The summed E-state index contributed by atoms with van der Waals surface area (Å²) in [4.78, 5) is 20.2. The number of carbonyl (C=O) groups is 1. The number of guanidine groups is 1. The number of rotatable bonds is 3. The van der Waals surface area contributed by atoms with Crippen molar-refractivity contribution < 1.29 is 9.53 Å². The van der Waals surface area contributed by atoms with Crippen molar-refractivity contribution in [1.29, 1.82) is 0 Å². The fourth-order valence-corrected chi connectivity index (χ4v) is 2.46. The predicted octanol–water partition coefficient (Wildman–Crippen LogP) is 2.55. The molecule has 0 aromatic rings. The number of aliphatic imine (C=N–C) groups is 1. The minimum absolute atomic E-state index is 0.0614. The quantitative estimate of drug-likeness (QED) is 0.640. The van der Waals surface area contributed by atoms with Crippen LogP contribution in [0.1, 0.15) is 48.5 Å². The molecule has 1 aliphatic heterocycles. The van der Waals surface area contributed by atoms with E-state index >= 15 is 0 Å². The second-order valence-corrected chi connectivity index (χ2v) is 8.40. The van der Waals surface area contributed by atoms with Crippen LogP contribution in [0.3, 0.4) is 0 Å². The Kier molecular flexibility index (Phi) is 5.60. The van der Waals surface area contributed by atoms with E-state index in [2.05, 4.69) is 42.9 Å². The van der Waals surface area contributed by atoms with Crippen molar-refractivity contribution in [3.8, 4) is 0 Å². The lowest BCUT2D eigenvalue weighted by atomic mass is 9.65. The molecule has 6 nitrogen and oxygen atoms in total. The molecule has 0 aliphatic carbocycles. The lowest BCUT2D eigenvalue weighted by Gasteiger charge is -2.62. The Hall–Kier alpha value is -1.46. The van der Waals surface area contributed by atoms with Crippen molar-refractivity contribution in [2.75, 3.05) is 33.7 Å². The first-order chi connectivity index (χ1) is 10.3. The van der Waals surface area contributed by atoms with E-state index in [1.165, 1.54) is 0 Å². The first-order valence-corrected chi connectivity index (χ1v) is 8.24. The Bertz CT molecular complexity index is 464. The van der Waals surface area contributed by atoms with Gasteiger partial charge in [-0.3, -0.25) is 4.99 Å². The zero-order valence-electron chi connectivity index (χ0n) is 16.3. The Balaban J connectivity index is 2.47. The zero-order valence-corrected chi connectivity index (χ0v) is 16.3. The van der Waals surface area contributed by atoms with Crippen molar-refractivity contribution in [3.05, 3.63) is 0 Å². The number of likely N-dealkylation sites (N-methyl/N-ethyl adjacent to an activating group) is 1. The van der Waals surface area contributed by atoms with Gasteiger partial charge in [-0.15, -0.1) is 0 Å². The van der Waals surface area contributed by atoms with Crippen LogP contribution in [0.5, 0.6) is 0 Å². The fraction of sp³-hybridized carbons (Fsp3) is 0.882. The van der Waals surface area contributed by atoms with E-state index in [1.54, 1.807) is 19.0 Å². The molecule has 1 rings (SSSR count). The standard InChI is InChI=1S/C17H34N4O2/c1-15(2,3)23-14(22)20(9)11-10-19-13(18-8)21-12-16(4,5)17(21,6)7/h10-12H2,1-9H3,(H,18,19). The largest absolute Gasteiger partial charge is 0.444 e. The van der Waals surface area contributed by atoms with E-state index in [9.17, 15) is 4.79 Å². The van der Waals surface area contributed by atoms with Gasteiger partial charge in [-0.05, 0) is 34.6 Å². The number of likely N-dealkylation sites (tertiary alicyclic amines) is 1. The monoisotopic (exact) mass is 326 g/mol. The van der Waals surface area contributed by atoms with Gasteiger partial charge >= 0.3 is 6.09 Å². The van der Waals surface area contributed by atoms with Crippen molar-refractivity contribution >= 4 is 12.1 Å². The highest BCUT2D eigenvalue weighted by Crippen LogP contribution is 2.46. The predicted molar refractivity (Wildman–Crippen MR) is 94.8 cm³/mol. The van der Waals surface area contributed by atoms with Crippen molar-refractivity contribution in [1.82, 2.24) is 15.1 Å². The van der Waals surface area contributed by atoms with Crippen molar-refractivity contribution in [2.24, 2.45) is 10.4 Å². The molecule has 1 fully saturated rings. The SMILES string of the molecule is CN=C(NCCN(C)C(=O)OC(C)(C)C)N1CC(C)(C)C1(C)C. The minimum Gasteiger partial charge on any atom is -0.444 e. The third-order valence-electron chi connectivity index (χ3n) is 4.79. The second kappa shape index (κ2) is 6.57. The van der Waals surface area contributed by atoms with Crippen molar-refractivity contribution in [3.63, 3.8) is 0 Å². The van der Waals surface area contributed by atoms with Gasteiger partial charge in [0.1, 0.15) is 5.60 Å². The van der Waals surface area contributed by atoms with Crippen LogP contribution in [-0.2, 0) is 4.74 Å². The van der Waals surface area contributed by atoms with Gasteiger partial charge in [-0.2, -0.15) is 0 Å². The molecule has 0 saturated carbocycles. The molecular formula is C17H34N4O2. The first-order valence-electron chi connectivity index (χ1n) is 8.24. The maximum atomic E-state index is 11.9. The number of hydrogen-bond acceptors (Lipinski definition) is 3. The Morgan fingerprint density at radius 2 is 1.87 bits per heavy atom. The molecule has 1 aliphatic rings. The van der Waals surface area contributed by atoms with Gasteiger partial charge in [0.05, 0.1) is 0 Å². The van der Waals surface area contributed by atoms with Crippen LogP contribution in [-0.4, -0.2) is 66.7 Å². The van der Waals surface area contributed by atoms with E-state index in [0.717, 1.165) is 12.5 Å². The maximum Gasteiger partial charge on any atom is 0.410 e. The summed E-state index contributed by atoms with van der Waals surface area (Å²) in [5.74, 6) is 0.881. The summed E-state index contributed by atoms with van der Waals surface area (Å²) in [5, 5.41) is 3.34. The normalized spacial score (nSPS) is 19.9. The van der Waals surface area contributed by atoms with Gasteiger partial charge in [0.25, 0.3) is 0 Å². The Morgan fingerprint density at radius 1 is 1.30 bits per heavy atom. The van der Waals surface area contributed by atoms with Crippen LogP contribution in [0.15, 0.2) is 4.99 Å². The average molecular weight is 326 g/mol. The Labute approximate surface area is 141 Å². The van der Waals surface area contributed by atoms with Crippen LogP contribution >= 0.6 is 0 Å². The zero-order chi connectivity index (χ0) is 18.1. The number of nitrogens with zero attached hydrogens (tertiary/aromatic N) is 3. The topological polar surface area (TPSA) is 57.2 Å². The van der Waals surface area contributed by atoms with E-state index < -0.39 is 5.60 Å². The molecule has 1 amide bonds. The molecule has 0 aromatic carbocycles. The summed E-state index contributed by atoms with van der Waals surface area (Å²) >= 11 is 0. The molecular weight excluding hydrogens is 292 g/mol. The summed E-state index contributed by atoms with van der Waals surface area (Å²) in [5.41, 5.74) is -0.147. The van der Waals surface area contributed by atoms with Crippen LogP contribution in [0.25, 0.3) is 0 Å². The number of carbonyl (C=O) groups excluding carboxylic acids is 1. The van der Waals surface area contributed by atoms with Crippen LogP contribution in [0, 0.1) is 5.41 Å². The molecule has 1 N–H and O–H groups in total. The number of ether oxygens (including phenoxy) is 1. The molecule has 134 valence electrons. The number of nitrogens with one attached hydrogen (secondary N) is 1. The fourth-order valence-electron chi connectivity index (χ4n) is 2.46. The maximum absolute atomic E-state index is 11.9. The minimum atomic E-state index is -0.470. The van der Waals surface area contributed by atoms with Gasteiger partial charge in [0.2, 0.25) is 0 Å². The lowest BCUT2D eigenvalue weighted by molar-refractivity contribution is -0.0667. The second-order valence-electron chi connectivity index (χ2n) is 8.40. The van der Waals surface area contributed by atoms with Crippen LogP contribution < -0.4 is 5.32 Å². The van der Waals surface area contributed by atoms with Gasteiger partial charge in [0, 0.05) is 44.7 Å². The molecule has 0 bridgehead atoms. The van der Waals surface area contributed by atoms with E-state index in [4.69, 9.17) is 4.74 Å². The van der Waals surface area contributed by atoms with Gasteiger partial charge < -0.3 is 19.9 Å². The van der Waals surface area contributed by atoms with E-state index in [-0.39, 0.29) is 17.0 Å². The summed E-state index contributed by atoms with van der Waals surface area (Å²) < 4.78 is 5.34. The summed E-state index contributed by atoms with van der Waals surface area (Å²) in [6.45, 7) is 16.8. The average Bonchev–Trinajstić information content (AvgIpc) is 2.39. The van der Waals surface area contributed by atoms with Crippen LogP contribution in [0.4, 0.5) is 4.79 Å². The highest BCUT2D eigenvalue weighted by molar-refractivity contribution is 5.82. The van der Waals surface area contributed by atoms with E-state index in [0.29, 0.717) is 13.1 Å². The van der Waals surface area contributed by atoms with Gasteiger partial charge in [0.15, 0.2) is 5.96 Å². The van der Waals surface area contributed by atoms with Gasteiger partial charge in [-0.25, -0.2) is 4.79 Å². The summed E-state index contributed by atoms with van der Waals surface area (Å²) in [6.07, 6.45) is -0.306. The molecule has 1 heterocycles. The molecule has 1 saturated heterocycles. The molecule has 0 atom stereocenters. The number of amides is 1. The molecule has 0 spiro atoms. The van der Waals surface area contributed by atoms with Crippen molar-refractivity contribution in [2.45, 2.75) is 59.6 Å². The molecule has 0 aromatic heterocycles. The highest BCUT2D eigenvalue weighted by atomic mass is 16.6. The lowest BCUT2D eigenvalue weighted by Crippen LogP contribution is -2.72. The summed E-state index contributed by atoms with van der Waals surface area (Å²) in [7, 11) is 3.54. The van der Waals surface area contributed by atoms with E-state index in [1.807, 2.05) is 20.8 Å².